The van der Waals surface area contributed by atoms with Gasteiger partial charge in [0.05, 0.1) is 12.5 Å². The number of aromatic nitrogens is 1. The second kappa shape index (κ2) is 4.75. The standard InChI is InChI=1S/C12H13N3O/c13-6-1-7-15(11-3-4-11)12-5-2-10(9-16)8-14-12/h2,5,8-9,11H,1,3-4,7H2. The Morgan fingerprint density at radius 3 is 2.88 bits per heavy atom. The zero-order chi connectivity index (χ0) is 11.4. The summed E-state index contributed by atoms with van der Waals surface area (Å²) in [6.45, 7) is 0.717. The molecule has 0 aliphatic heterocycles. The van der Waals surface area contributed by atoms with Gasteiger partial charge in [-0.3, -0.25) is 4.79 Å². The number of nitriles is 1. The lowest BCUT2D eigenvalue weighted by molar-refractivity contribution is 0.112. The molecule has 82 valence electrons. The molecule has 4 heteroatoms. The van der Waals surface area contributed by atoms with Crippen molar-refractivity contribution < 1.29 is 4.79 Å². The van der Waals surface area contributed by atoms with Gasteiger partial charge in [-0.15, -0.1) is 0 Å². The number of carbonyl (C=O) groups is 1. The molecule has 1 heterocycles. The Balaban J connectivity index is 2.11. The molecular formula is C12H13N3O. The van der Waals surface area contributed by atoms with Crippen LogP contribution in [-0.4, -0.2) is 23.9 Å². The molecule has 0 radical (unpaired) electrons. The quantitative estimate of drug-likeness (QED) is 0.702. The molecule has 1 aliphatic rings. The summed E-state index contributed by atoms with van der Waals surface area (Å²) in [5.41, 5.74) is 0.583. The van der Waals surface area contributed by atoms with E-state index in [0.29, 0.717) is 24.6 Å². The Labute approximate surface area is 94.5 Å². The molecule has 1 aromatic heterocycles. The summed E-state index contributed by atoms with van der Waals surface area (Å²) in [6, 6.07) is 6.29. The van der Waals surface area contributed by atoms with Crippen LogP contribution in [-0.2, 0) is 0 Å². The Morgan fingerprint density at radius 2 is 2.38 bits per heavy atom. The minimum Gasteiger partial charge on any atom is -0.353 e. The van der Waals surface area contributed by atoms with Crippen LogP contribution in [0.3, 0.4) is 0 Å². The third kappa shape index (κ3) is 2.37. The van der Waals surface area contributed by atoms with Crippen molar-refractivity contribution in [1.29, 1.82) is 5.26 Å². The van der Waals surface area contributed by atoms with Crippen molar-refractivity contribution in [2.24, 2.45) is 0 Å². The molecule has 0 N–H and O–H groups in total. The second-order valence-corrected chi connectivity index (χ2v) is 3.90. The average molecular weight is 215 g/mol. The van der Waals surface area contributed by atoms with E-state index < -0.39 is 0 Å². The summed E-state index contributed by atoms with van der Waals surface area (Å²) in [5.74, 6) is 0.864. The molecule has 0 bridgehead atoms. The minimum absolute atomic E-state index is 0.508. The van der Waals surface area contributed by atoms with E-state index in [0.717, 1.165) is 12.1 Å². The summed E-state index contributed by atoms with van der Waals surface area (Å²) in [5, 5.41) is 8.60. The molecule has 1 aliphatic carbocycles. The molecule has 1 saturated carbocycles. The van der Waals surface area contributed by atoms with Gasteiger partial charge < -0.3 is 4.90 Å². The van der Waals surface area contributed by atoms with Crippen molar-refractivity contribution in [3.63, 3.8) is 0 Å². The fourth-order valence-corrected chi connectivity index (χ4v) is 1.68. The highest BCUT2D eigenvalue weighted by Gasteiger charge is 2.29. The summed E-state index contributed by atoms with van der Waals surface area (Å²) in [7, 11) is 0. The minimum atomic E-state index is 0.508. The van der Waals surface area contributed by atoms with E-state index in [9.17, 15) is 4.79 Å². The van der Waals surface area contributed by atoms with Gasteiger partial charge in [-0.25, -0.2) is 4.98 Å². The number of hydrogen-bond acceptors (Lipinski definition) is 4. The van der Waals surface area contributed by atoms with Crippen LogP contribution in [0.2, 0.25) is 0 Å². The van der Waals surface area contributed by atoms with E-state index in [2.05, 4.69) is 16.0 Å². The fourth-order valence-electron chi connectivity index (χ4n) is 1.68. The van der Waals surface area contributed by atoms with Gasteiger partial charge >= 0.3 is 0 Å². The van der Waals surface area contributed by atoms with E-state index >= 15 is 0 Å². The first-order chi connectivity index (χ1) is 7.85. The zero-order valence-corrected chi connectivity index (χ0v) is 8.97. The predicted octanol–water partition coefficient (Wildman–Crippen LogP) is 1.78. The summed E-state index contributed by atoms with van der Waals surface area (Å²) >= 11 is 0. The maximum atomic E-state index is 10.5. The van der Waals surface area contributed by atoms with Crippen molar-refractivity contribution in [1.82, 2.24) is 4.98 Å². The Morgan fingerprint density at radius 1 is 1.56 bits per heavy atom. The lowest BCUT2D eigenvalue weighted by atomic mass is 10.3. The Bertz CT molecular complexity index is 403. The molecule has 16 heavy (non-hydrogen) atoms. The Hall–Kier alpha value is -1.89. The van der Waals surface area contributed by atoms with Crippen molar-refractivity contribution in [2.45, 2.75) is 25.3 Å². The Kier molecular flexibility index (Phi) is 3.16. The van der Waals surface area contributed by atoms with E-state index in [1.165, 1.54) is 12.8 Å². The van der Waals surface area contributed by atoms with Crippen LogP contribution in [0, 0.1) is 11.3 Å². The first-order valence-electron chi connectivity index (χ1n) is 5.40. The topological polar surface area (TPSA) is 57.0 Å². The molecule has 0 atom stereocenters. The highest BCUT2D eigenvalue weighted by Crippen LogP contribution is 2.30. The third-order valence-corrected chi connectivity index (χ3v) is 2.65. The molecule has 4 nitrogen and oxygen atoms in total. The predicted molar refractivity (Wildman–Crippen MR) is 60.2 cm³/mol. The SMILES string of the molecule is N#CCCN(c1ccc(C=O)cn1)C1CC1. The van der Waals surface area contributed by atoms with Gasteiger partial charge in [0.1, 0.15) is 5.82 Å². The van der Waals surface area contributed by atoms with Crippen LogP contribution < -0.4 is 4.90 Å². The summed E-state index contributed by atoms with van der Waals surface area (Å²) in [4.78, 5) is 16.9. The van der Waals surface area contributed by atoms with E-state index in [-0.39, 0.29) is 0 Å². The highest BCUT2D eigenvalue weighted by atomic mass is 16.1. The molecule has 0 spiro atoms. The lowest BCUT2D eigenvalue weighted by Crippen LogP contribution is -2.27. The lowest BCUT2D eigenvalue weighted by Gasteiger charge is -2.22. The van der Waals surface area contributed by atoms with E-state index in [4.69, 9.17) is 5.26 Å². The molecular weight excluding hydrogens is 202 g/mol. The largest absolute Gasteiger partial charge is 0.353 e. The van der Waals surface area contributed by atoms with Crippen LogP contribution in [0.4, 0.5) is 5.82 Å². The van der Waals surface area contributed by atoms with E-state index in [1.807, 2.05) is 6.07 Å². The van der Waals surface area contributed by atoms with Gasteiger partial charge in [0.15, 0.2) is 6.29 Å². The molecule has 1 aromatic rings. The number of nitrogens with zero attached hydrogens (tertiary/aromatic N) is 3. The van der Waals surface area contributed by atoms with E-state index in [1.54, 1.807) is 12.3 Å². The van der Waals surface area contributed by atoms with Gasteiger partial charge in [0.25, 0.3) is 0 Å². The second-order valence-electron chi connectivity index (χ2n) is 3.90. The molecule has 0 unspecified atom stereocenters. The van der Waals surface area contributed by atoms with Gasteiger partial charge in [0, 0.05) is 24.3 Å². The van der Waals surface area contributed by atoms with Crippen LogP contribution in [0.15, 0.2) is 18.3 Å². The zero-order valence-electron chi connectivity index (χ0n) is 8.97. The van der Waals surface area contributed by atoms with Crippen molar-refractivity contribution >= 4 is 12.1 Å². The molecule has 2 rings (SSSR count). The molecule has 1 fully saturated rings. The smallest absolute Gasteiger partial charge is 0.151 e. The number of pyridine rings is 1. The first-order valence-corrected chi connectivity index (χ1v) is 5.40. The van der Waals surface area contributed by atoms with Crippen LogP contribution >= 0.6 is 0 Å². The molecule has 0 amide bonds. The number of aldehydes is 1. The molecule has 0 saturated heterocycles. The fraction of sp³-hybridized carbons (Fsp3) is 0.417. The number of anilines is 1. The van der Waals surface area contributed by atoms with Gasteiger partial charge in [-0.05, 0) is 25.0 Å². The van der Waals surface area contributed by atoms with Crippen LogP contribution in [0.1, 0.15) is 29.6 Å². The number of carbonyl (C=O) groups excluding carboxylic acids is 1. The van der Waals surface area contributed by atoms with Crippen LogP contribution in [0.25, 0.3) is 0 Å². The molecule has 0 aromatic carbocycles. The monoisotopic (exact) mass is 215 g/mol. The van der Waals surface area contributed by atoms with Crippen molar-refractivity contribution in [3.05, 3.63) is 23.9 Å². The maximum Gasteiger partial charge on any atom is 0.151 e. The van der Waals surface area contributed by atoms with Gasteiger partial charge in [0.2, 0.25) is 0 Å². The van der Waals surface area contributed by atoms with Gasteiger partial charge in [-0.2, -0.15) is 5.26 Å². The third-order valence-electron chi connectivity index (χ3n) is 2.65. The number of rotatable bonds is 5. The summed E-state index contributed by atoms with van der Waals surface area (Å²) in [6.07, 6.45) is 5.20. The van der Waals surface area contributed by atoms with Crippen LogP contribution in [0.5, 0.6) is 0 Å². The highest BCUT2D eigenvalue weighted by molar-refractivity contribution is 5.74. The first kappa shape index (κ1) is 10.6. The number of hydrogen-bond donors (Lipinski definition) is 0. The van der Waals surface area contributed by atoms with Crippen molar-refractivity contribution in [3.8, 4) is 6.07 Å². The average Bonchev–Trinajstić information content (AvgIpc) is 3.15. The normalized spacial score (nSPS) is 14.2. The summed E-state index contributed by atoms with van der Waals surface area (Å²) < 4.78 is 0. The van der Waals surface area contributed by atoms with Gasteiger partial charge in [-0.1, -0.05) is 0 Å². The van der Waals surface area contributed by atoms with Crippen molar-refractivity contribution in [2.75, 3.05) is 11.4 Å². The maximum absolute atomic E-state index is 10.5.